The third-order valence-electron chi connectivity index (χ3n) is 7.37. The fourth-order valence-electron chi connectivity index (χ4n) is 5.26. The van der Waals surface area contributed by atoms with Gasteiger partial charge in [0.15, 0.2) is 5.82 Å². The van der Waals surface area contributed by atoms with Gasteiger partial charge in [0.2, 0.25) is 0 Å². The van der Waals surface area contributed by atoms with Crippen LogP contribution in [-0.2, 0) is 13.2 Å². The van der Waals surface area contributed by atoms with E-state index < -0.39 is 17.4 Å². The van der Waals surface area contributed by atoms with Crippen LogP contribution in [0, 0.1) is 11.3 Å². The van der Waals surface area contributed by atoms with E-state index in [4.69, 9.17) is 0 Å². The van der Waals surface area contributed by atoms with Crippen LogP contribution >= 0.6 is 0 Å². The summed E-state index contributed by atoms with van der Waals surface area (Å²) in [4.78, 5) is 26.2. The summed E-state index contributed by atoms with van der Waals surface area (Å²) in [5.41, 5.74) is 1.16. The maximum Gasteiger partial charge on any atom is 0.416 e. The van der Waals surface area contributed by atoms with Crippen molar-refractivity contribution in [1.82, 2.24) is 19.4 Å². The first-order chi connectivity index (χ1) is 17.6. The van der Waals surface area contributed by atoms with E-state index in [9.17, 15) is 23.2 Å². The van der Waals surface area contributed by atoms with Crippen LogP contribution in [0.15, 0.2) is 41.2 Å². The number of nitrogens with zero attached hydrogens (tertiary/aromatic N) is 6. The standard InChI is InChI=1S/C27H31F3N6O/c1-5-7-22-16-35(17(3)18-8-10-19(11-9-18)27(28,29)30)21(6-2)15-36(22)25-24-23(34(4)26(37)33-25)13-12-20(14-31)32-24/h8-13,17,21-22H,5-7,15-16H2,1-4H3/t17?,21-,22+/m1/s1. The molecule has 3 aromatic rings. The van der Waals surface area contributed by atoms with E-state index in [0.717, 1.165) is 37.0 Å². The fourth-order valence-corrected chi connectivity index (χ4v) is 5.26. The minimum atomic E-state index is -4.37. The van der Waals surface area contributed by atoms with Crippen LogP contribution in [0.4, 0.5) is 19.0 Å². The number of alkyl halides is 3. The van der Waals surface area contributed by atoms with Crippen LogP contribution in [0.1, 0.15) is 62.9 Å². The predicted octanol–water partition coefficient (Wildman–Crippen LogP) is 5.05. The van der Waals surface area contributed by atoms with E-state index >= 15 is 0 Å². The Labute approximate surface area is 214 Å². The molecule has 196 valence electrons. The van der Waals surface area contributed by atoms with Gasteiger partial charge in [-0.2, -0.15) is 23.4 Å². The number of hydrogen-bond donors (Lipinski definition) is 0. The van der Waals surface area contributed by atoms with Gasteiger partial charge in [-0.3, -0.25) is 9.47 Å². The lowest BCUT2D eigenvalue weighted by Gasteiger charge is -2.49. The molecule has 0 spiro atoms. The molecule has 7 nitrogen and oxygen atoms in total. The Kier molecular flexibility index (Phi) is 7.55. The van der Waals surface area contributed by atoms with E-state index in [2.05, 4.69) is 39.7 Å². The average molecular weight is 513 g/mol. The number of aryl methyl sites for hydroxylation is 1. The topological polar surface area (TPSA) is 78.0 Å². The van der Waals surface area contributed by atoms with Crippen molar-refractivity contribution in [2.45, 2.75) is 64.3 Å². The van der Waals surface area contributed by atoms with Crippen molar-refractivity contribution in [3.05, 3.63) is 63.7 Å². The second-order valence-corrected chi connectivity index (χ2v) is 9.60. The van der Waals surface area contributed by atoms with Gasteiger partial charge in [-0.1, -0.05) is 32.4 Å². The van der Waals surface area contributed by atoms with Crippen molar-refractivity contribution in [3.8, 4) is 6.07 Å². The molecule has 1 unspecified atom stereocenters. The summed E-state index contributed by atoms with van der Waals surface area (Å²) in [6, 6.07) is 10.8. The summed E-state index contributed by atoms with van der Waals surface area (Å²) in [6.45, 7) is 7.44. The Morgan fingerprint density at radius 2 is 1.78 bits per heavy atom. The summed E-state index contributed by atoms with van der Waals surface area (Å²) in [6.07, 6.45) is -1.82. The number of fused-ring (bicyclic) bond motifs is 1. The van der Waals surface area contributed by atoms with Crippen LogP contribution in [0.25, 0.3) is 11.0 Å². The smallest absolute Gasteiger partial charge is 0.349 e. The van der Waals surface area contributed by atoms with Gasteiger partial charge in [-0.05, 0) is 49.6 Å². The third-order valence-corrected chi connectivity index (χ3v) is 7.37. The molecule has 37 heavy (non-hydrogen) atoms. The Balaban J connectivity index is 1.72. The van der Waals surface area contributed by atoms with Gasteiger partial charge < -0.3 is 4.90 Å². The molecule has 0 N–H and O–H groups in total. The fraction of sp³-hybridized carbons (Fsp3) is 0.481. The summed E-state index contributed by atoms with van der Waals surface area (Å²) in [5.74, 6) is 0.480. The van der Waals surface area contributed by atoms with Crippen molar-refractivity contribution in [2.24, 2.45) is 7.05 Å². The molecule has 10 heteroatoms. The number of hydrogen-bond acceptors (Lipinski definition) is 6. The first-order valence-electron chi connectivity index (χ1n) is 12.6. The second kappa shape index (κ2) is 10.5. The lowest BCUT2D eigenvalue weighted by Crippen LogP contribution is -2.59. The quantitative estimate of drug-likeness (QED) is 0.460. The van der Waals surface area contributed by atoms with Crippen molar-refractivity contribution in [3.63, 3.8) is 0 Å². The molecule has 1 saturated heterocycles. The van der Waals surface area contributed by atoms with Gasteiger partial charge in [0.05, 0.1) is 11.1 Å². The Bertz CT molecular complexity index is 1360. The predicted molar refractivity (Wildman–Crippen MR) is 136 cm³/mol. The van der Waals surface area contributed by atoms with E-state index in [1.807, 2.05) is 6.92 Å². The van der Waals surface area contributed by atoms with Crippen LogP contribution < -0.4 is 10.6 Å². The maximum atomic E-state index is 13.1. The van der Waals surface area contributed by atoms with Crippen molar-refractivity contribution in [1.29, 1.82) is 5.26 Å². The van der Waals surface area contributed by atoms with Crippen molar-refractivity contribution >= 4 is 16.9 Å². The first kappa shape index (κ1) is 26.6. The highest BCUT2D eigenvalue weighted by atomic mass is 19.4. The molecule has 3 heterocycles. The molecule has 1 fully saturated rings. The SMILES string of the molecule is CCC[C@H]1CN(C(C)c2ccc(C(F)(F)F)cc2)[C@H](CC)CN1c1nc(=O)n(C)c2ccc(C#N)nc12. The Morgan fingerprint density at radius 3 is 2.38 bits per heavy atom. The molecule has 0 saturated carbocycles. The number of rotatable bonds is 6. The van der Waals surface area contributed by atoms with Gasteiger partial charge >= 0.3 is 11.9 Å². The largest absolute Gasteiger partial charge is 0.416 e. The summed E-state index contributed by atoms with van der Waals surface area (Å²) >= 11 is 0. The van der Waals surface area contributed by atoms with Crippen molar-refractivity contribution < 1.29 is 13.2 Å². The molecule has 3 atom stereocenters. The van der Waals surface area contributed by atoms with Gasteiger partial charge in [0.1, 0.15) is 17.3 Å². The molecule has 0 amide bonds. The molecular formula is C27H31F3N6O. The maximum absolute atomic E-state index is 13.1. The molecule has 1 aliphatic rings. The van der Waals surface area contributed by atoms with E-state index in [1.165, 1.54) is 4.57 Å². The van der Waals surface area contributed by atoms with Gasteiger partial charge in [0, 0.05) is 38.3 Å². The minimum Gasteiger partial charge on any atom is -0.349 e. The highest BCUT2D eigenvalue weighted by Crippen LogP contribution is 2.35. The zero-order valence-electron chi connectivity index (χ0n) is 21.5. The molecule has 1 aliphatic heterocycles. The van der Waals surface area contributed by atoms with Gasteiger partial charge in [-0.25, -0.2) is 9.78 Å². The molecule has 2 aromatic heterocycles. The lowest BCUT2D eigenvalue weighted by molar-refractivity contribution is -0.137. The normalized spacial score (nSPS) is 19.7. The molecule has 0 radical (unpaired) electrons. The van der Waals surface area contributed by atoms with Crippen LogP contribution in [-0.4, -0.2) is 44.6 Å². The van der Waals surface area contributed by atoms with Crippen LogP contribution in [0.3, 0.4) is 0 Å². The molecular weight excluding hydrogens is 481 g/mol. The second-order valence-electron chi connectivity index (χ2n) is 9.60. The number of benzene rings is 1. The summed E-state index contributed by atoms with van der Waals surface area (Å²) < 4.78 is 40.7. The number of aromatic nitrogens is 3. The Morgan fingerprint density at radius 1 is 1.08 bits per heavy atom. The molecule has 4 rings (SSSR count). The van der Waals surface area contributed by atoms with Crippen molar-refractivity contribution in [2.75, 3.05) is 18.0 Å². The monoisotopic (exact) mass is 512 g/mol. The zero-order valence-corrected chi connectivity index (χ0v) is 21.5. The van der Waals surface area contributed by atoms with E-state index in [0.29, 0.717) is 29.9 Å². The minimum absolute atomic E-state index is 0.0139. The van der Waals surface area contributed by atoms with E-state index in [1.54, 1.807) is 31.3 Å². The molecule has 0 aliphatic carbocycles. The van der Waals surface area contributed by atoms with Gasteiger partial charge in [-0.15, -0.1) is 0 Å². The first-order valence-corrected chi connectivity index (χ1v) is 12.6. The number of anilines is 1. The number of piperazine rings is 1. The lowest BCUT2D eigenvalue weighted by atomic mass is 9.95. The van der Waals surface area contributed by atoms with Gasteiger partial charge in [0.25, 0.3) is 0 Å². The highest BCUT2D eigenvalue weighted by Gasteiger charge is 2.37. The Hall–Kier alpha value is -3.45. The van der Waals surface area contributed by atoms with Crippen LogP contribution in [0.5, 0.6) is 0 Å². The number of halogens is 3. The number of pyridine rings is 1. The highest BCUT2D eigenvalue weighted by molar-refractivity contribution is 5.86. The summed E-state index contributed by atoms with van der Waals surface area (Å²) in [5, 5.41) is 9.42. The molecule has 0 bridgehead atoms. The average Bonchev–Trinajstić information content (AvgIpc) is 2.89. The van der Waals surface area contributed by atoms with E-state index in [-0.39, 0.29) is 23.8 Å². The summed E-state index contributed by atoms with van der Waals surface area (Å²) in [7, 11) is 1.64. The van der Waals surface area contributed by atoms with Crippen LogP contribution in [0.2, 0.25) is 0 Å². The zero-order chi connectivity index (χ0) is 26.9. The molecule has 1 aromatic carbocycles. The third kappa shape index (κ3) is 5.18. The number of nitriles is 1.